The van der Waals surface area contributed by atoms with Gasteiger partial charge in [-0.05, 0) is 38.5 Å². The maximum atomic E-state index is 5.34. The predicted octanol–water partition coefficient (Wildman–Crippen LogP) is 3.28. The molecule has 1 N–H and O–H groups in total. The second kappa shape index (κ2) is 6.43. The van der Waals surface area contributed by atoms with Crippen molar-refractivity contribution in [3.8, 4) is 11.5 Å². The van der Waals surface area contributed by atoms with Crippen LogP contribution < -0.4 is 14.8 Å². The van der Waals surface area contributed by atoms with E-state index in [-0.39, 0.29) is 6.04 Å². The van der Waals surface area contributed by atoms with Crippen molar-refractivity contribution in [3.05, 3.63) is 41.3 Å². The molecule has 0 bridgehead atoms. The highest BCUT2D eigenvalue weighted by molar-refractivity contribution is 5.46. The van der Waals surface area contributed by atoms with Gasteiger partial charge in [0.15, 0.2) is 11.5 Å². The molecule has 1 atom stereocenters. The summed E-state index contributed by atoms with van der Waals surface area (Å²) in [6.07, 6.45) is 0. The van der Waals surface area contributed by atoms with E-state index in [1.807, 2.05) is 38.1 Å². The molecule has 0 amide bonds. The normalized spacial score (nSPS) is 11.9. The van der Waals surface area contributed by atoms with E-state index in [1.54, 1.807) is 14.2 Å². The van der Waals surface area contributed by atoms with Gasteiger partial charge in [-0.2, -0.15) is 0 Å². The fourth-order valence-electron chi connectivity index (χ4n) is 2.22. The lowest BCUT2D eigenvalue weighted by molar-refractivity contribution is 0.354. The maximum Gasteiger partial charge on any atom is 0.161 e. The van der Waals surface area contributed by atoms with E-state index in [4.69, 9.17) is 9.47 Å². The standard InChI is InChI=1S/C16H21N3O2/c1-10-8-16(19-12(3)17-10)18-11(2)13-6-7-14(20-4)15(9-13)21-5/h6-9,11H,1-5H3,(H,17,18,19). The van der Waals surface area contributed by atoms with Gasteiger partial charge in [0.05, 0.1) is 20.3 Å². The Hall–Kier alpha value is -2.30. The Balaban J connectivity index is 2.21. The quantitative estimate of drug-likeness (QED) is 0.914. The number of nitrogens with zero attached hydrogens (tertiary/aromatic N) is 2. The third kappa shape index (κ3) is 3.62. The van der Waals surface area contributed by atoms with Crippen LogP contribution >= 0.6 is 0 Å². The zero-order valence-corrected chi connectivity index (χ0v) is 13.1. The van der Waals surface area contributed by atoms with Gasteiger partial charge in [0.2, 0.25) is 0 Å². The number of aryl methyl sites for hydroxylation is 2. The van der Waals surface area contributed by atoms with Crippen LogP contribution in [0.1, 0.15) is 30.0 Å². The number of methoxy groups -OCH3 is 2. The van der Waals surface area contributed by atoms with Gasteiger partial charge in [-0.3, -0.25) is 0 Å². The van der Waals surface area contributed by atoms with Crippen LogP contribution in [-0.2, 0) is 0 Å². The SMILES string of the molecule is COc1ccc(C(C)Nc2cc(C)nc(C)n2)cc1OC. The molecule has 112 valence electrons. The minimum absolute atomic E-state index is 0.0958. The molecule has 0 fully saturated rings. The number of hydrogen-bond acceptors (Lipinski definition) is 5. The topological polar surface area (TPSA) is 56.3 Å². The van der Waals surface area contributed by atoms with Crippen molar-refractivity contribution in [1.29, 1.82) is 0 Å². The summed E-state index contributed by atoms with van der Waals surface area (Å²) in [5.74, 6) is 3.03. The fraction of sp³-hybridized carbons (Fsp3) is 0.375. The van der Waals surface area contributed by atoms with Crippen LogP contribution in [0.3, 0.4) is 0 Å². The molecule has 0 saturated heterocycles. The van der Waals surface area contributed by atoms with Crippen LogP contribution in [0.25, 0.3) is 0 Å². The number of nitrogens with one attached hydrogen (secondary N) is 1. The maximum absolute atomic E-state index is 5.34. The summed E-state index contributed by atoms with van der Waals surface area (Å²) in [4.78, 5) is 8.67. The first kappa shape index (κ1) is 15.1. The Bertz CT molecular complexity index is 609. The molecular weight excluding hydrogens is 266 g/mol. The van der Waals surface area contributed by atoms with E-state index >= 15 is 0 Å². The van der Waals surface area contributed by atoms with Gasteiger partial charge >= 0.3 is 0 Å². The van der Waals surface area contributed by atoms with Crippen molar-refractivity contribution in [2.75, 3.05) is 19.5 Å². The molecule has 21 heavy (non-hydrogen) atoms. The number of aromatic nitrogens is 2. The number of ether oxygens (including phenoxy) is 2. The molecule has 0 aliphatic heterocycles. The Morgan fingerprint density at radius 2 is 1.71 bits per heavy atom. The van der Waals surface area contributed by atoms with Gasteiger partial charge in [-0.15, -0.1) is 0 Å². The first-order chi connectivity index (χ1) is 10.0. The lowest BCUT2D eigenvalue weighted by Crippen LogP contribution is -2.09. The van der Waals surface area contributed by atoms with E-state index in [9.17, 15) is 0 Å². The average Bonchev–Trinajstić information content (AvgIpc) is 2.45. The summed E-state index contributed by atoms with van der Waals surface area (Å²) >= 11 is 0. The van der Waals surface area contributed by atoms with E-state index in [0.29, 0.717) is 0 Å². The molecule has 1 heterocycles. The Kier molecular flexibility index (Phi) is 4.62. The van der Waals surface area contributed by atoms with E-state index in [2.05, 4.69) is 22.2 Å². The molecule has 1 aromatic heterocycles. The lowest BCUT2D eigenvalue weighted by Gasteiger charge is -2.17. The van der Waals surface area contributed by atoms with Crippen LogP contribution in [0.5, 0.6) is 11.5 Å². The number of benzene rings is 1. The second-order valence-electron chi connectivity index (χ2n) is 4.92. The van der Waals surface area contributed by atoms with Gasteiger partial charge in [-0.25, -0.2) is 9.97 Å². The monoisotopic (exact) mass is 287 g/mol. The molecule has 0 aliphatic carbocycles. The molecule has 0 spiro atoms. The largest absolute Gasteiger partial charge is 0.493 e. The molecular formula is C16H21N3O2. The first-order valence-electron chi connectivity index (χ1n) is 6.84. The Morgan fingerprint density at radius 1 is 1.00 bits per heavy atom. The summed E-state index contributed by atoms with van der Waals surface area (Å²) in [6, 6.07) is 7.92. The third-order valence-corrected chi connectivity index (χ3v) is 3.24. The van der Waals surface area contributed by atoms with Crippen molar-refractivity contribution < 1.29 is 9.47 Å². The van der Waals surface area contributed by atoms with E-state index < -0.39 is 0 Å². The van der Waals surface area contributed by atoms with Gasteiger partial charge in [0, 0.05) is 11.8 Å². The zero-order chi connectivity index (χ0) is 15.4. The van der Waals surface area contributed by atoms with Crippen molar-refractivity contribution >= 4 is 5.82 Å². The van der Waals surface area contributed by atoms with Crippen molar-refractivity contribution in [2.45, 2.75) is 26.8 Å². The molecule has 1 aromatic carbocycles. The van der Waals surface area contributed by atoms with Crippen molar-refractivity contribution in [2.24, 2.45) is 0 Å². The second-order valence-corrected chi connectivity index (χ2v) is 4.92. The molecule has 0 saturated carbocycles. The first-order valence-corrected chi connectivity index (χ1v) is 6.84. The summed E-state index contributed by atoms with van der Waals surface area (Å²) in [5, 5.41) is 3.38. The molecule has 5 nitrogen and oxygen atoms in total. The third-order valence-electron chi connectivity index (χ3n) is 3.24. The van der Waals surface area contributed by atoms with Crippen molar-refractivity contribution in [1.82, 2.24) is 9.97 Å². The summed E-state index contributed by atoms with van der Waals surface area (Å²) in [7, 11) is 3.27. The highest BCUT2D eigenvalue weighted by Gasteiger charge is 2.11. The Morgan fingerprint density at radius 3 is 2.33 bits per heavy atom. The summed E-state index contributed by atoms with van der Waals surface area (Å²) in [5.41, 5.74) is 2.05. The summed E-state index contributed by atoms with van der Waals surface area (Å²) < 4.78 is 10.6. The average molecular weight is 287 g/mol. The van der Waals surface area contributed by atoms with Crippen LogP contribution in [-0.4, -0.2) is 24.2 Å². The van der Waals surface area contributed by atoms with Gasteiger partial charge < -0.3 is 14.8 Å². The fourth-order valence-corrected chi connectivity index (χ4v) is 2.22. The predicted molar refractivity (Wildman–Crippen MR) is 83.1 cm³/mol. The minimum atomic E-state index is 0.0958. The zero-order valence-electron chi connectivity index (χ0n) is 13.1. The van der Waals surface area contributed by atoms with Crippen LogP contribution in [0.4, 0.5) is 5.82 Å². The highest BCUT2D eigenvalue weighted by atomic mass is 16.5. The van der Waals surface area contributed by atoms with Crippen molar-refractivity contribution in [3.63, 3.8) is 0 Å². The molecule has 5 heteroatoms. The highest BCUT2D eigenvalue weighted by Crippen LogP contribution is 2.30. The summed E-state index contributed by atoms with van der Waals surface area (Å²) in [6.45, 7) is 5.92. The number of anilines is 1. The minimum Gasteiger partial charge on any atom is -0.493 e. The molecule has 0 radical (unpaired) electrons. The number of hydrogen-bond donors (Lipinski definition) is 1. The van der Waals surface area contributed by atoms with Crippen LogP contribution in [0.2, 0.25) is 0 Å². The van der Waals surface area contributed by atoms with Crippen LogP contribution in [0, 0.1) is 13.8 Å². The van der Waals surface area contributed by atoms with Crippen LogP contribution in [0.15, 0.2) is 24.3 Å². The molecule has 0 aliphatic rings. The molecule has 2 rings (SSSR count). The molecule has 2 aromatic rings. The smallest absolute Gasteiger partial charge is 0.161 e. The van der Waals surface area contributed by atoms with E-state index in [1.165, 1.54) is 0 Å². The number of rotatable bonds is 5. The van der Waals surface area contributed by atoms with Gasteiger partial charge in [0.1, 0.15) is 11.6 Å². The van der Waals surface area contributed by atoms with Gasteiger partial charge in [0.25, 0.3) is 0 Å². The lowest BCUT2D eigenvalue weighted by atomic mass is 10.1. The van der Waals surface area contributed by atoms with Gasteiger partial charge in [-0.1, -0.05) is 6.07 Å². The van der Waals surface area contributed by atoms with E-state index in [0.717, 1.165) is 34.4 Å². The Labute approximate surface area is 125 Å². The molecule has 1 unspecified atom stereocenters.